The molecule has 0 spiro atoms. The van der Waals surface area contributed by atoms with Gasteiger partial charge in [-0.05, 0) is 61.3 Å². The average Bonchev–Trinajstić information content (AvgIpc) is 3.40. The Morgan fingerprint density at radius 3 is 2.45 bits per heavy atom. The van der Waals surface area contributed by atoms with Gasteiger partial charge in [0.1, 0.15) is 0 Å². The molecule has 0 radical (unpaired) electrons. The van der Waals surface area contributed by atoms with Crippen molar-refractivity contribution in [3.8, 4) is 0 Å². The molecule has 5 nitrogen and oxygen atoms in total. The van der Waals surface area contributed by atoms with Crippen molar-refractivity contribution < 1.29 is 19.1 Å². The number of carbonyl (C=O) groups is 3. The molecule has 2 bridgehead atoms. The Balaban J connectivity index is 1.40. The summed E-state index contributed by atoms with van der Waals surface area (Å²) >= 11 is 3.43. The number of ketones is 1. The second-order valence-corrected chi connectivity index (χ2v) is 9.34. The van der Waals surface area contributed by atoms with E-state index in [4.69, 9.17) is 4.74 Å². The van der Waals surface area contributed by atoms with Gasteiger partial charge in [0.15, 0.2) is 12.4 Å². The Morgan fingerprint density at radius 2 is 1.74 bits per heavy atom. The van der Waals surface area contributed by atoms with Crippen LogP contribution in [0.2, 0.25) is 0 Å². The molecule has 0 saturated heterocycles. The summed E-state index contributed by atoms with van der Waals surface area (Å²) in [4.78, 5) is 38.5. The van der Waals surface area contributed by atoms with Gasteiger partial charge in [0, 0.05) is 21.6 Å². The first-order valence-electron chi connectivity index (χ1n) is 10.8. The summed E-state index contributed by atoms with van der Waals surface area (Å²) in [6.07, 6.45) is 3.56. The van der Waals surface area contributed by atoms with Crippen LogP contribution in [0.25, 0.3) is 0 Å². The van der Waals surface area contributed by atoms with Gasteiger partial charge in [-0.25, -0.2) is 0 Å². The monoisotopic (exact) mass is 483 g/mol. The normalized spacial score (nSPS) is 24.1. The predicted octanol–water partition coefficient (Wildman–Crippen LogP) is 5.04. The molecule has 2 aliphatic rings. The summed E-state index contributed by atoms with van der Waals surface area (Å²) in [5, 5.41) is 2.82. The van der Waals surface area contributed by atoms with Crippen LogP contribution >= 0.6 is 15.9 Å². The van der Waals surface area contributed by atoms with E-state index in [0.717, 1.165) is 35.7 Å². The van der Waals surface area contributed by atoms with Crippen LogP contribution in [0.4, 0.5) is 5.69 Å². The maximum absolute atomic E-state index is 13.1. The maximum Gasteiger partial charge on any atom is 0.310 e. The van der Waals surface area contributed by atoms with Crippen LogP contribution in [0.1, 0.15) is 42.1 Å². The average molecular weight is 484 g/mol. The third-order valence-corrected chi connectivity index (χ3v) is 7.11. The molecule has 0 aliphatic heterocycles. The van der Waals surface area contributed by atoms with E-state index in [0.29, 0.717) is 11.3 Å². The van der Waals surface area contributed by atoms with Gasteiger partial charge in [-0.15, -0.1) is 0 Å². The first-order valence-corrected chi connectivity index (χ1v) is 11.6. The van der Waals surface area contributed by atoms with Crippen LogP contribution in [-0.4, -0.2) is 24.3 Å². The number of aryl methyl sites for hydroxylation is 1. The molecule has 4 rings (SSSR count). The topological polar surface area (TPSA) is 72.5 Å². The third kappa shape index (κ3) is 4.59. The highest BCUT2D eigenvalue weighted by molar-refractivity contribution is 9.10. The quantitative estimate of drug-likeness (QED) is 0.442. The Morgan fingerprint density at radius 1 is 1.03 bits per heavy atom. The number of fused-ring (bicyclic) bond motifs is 2. The van der Waals surface area contributed by atoms with Crippen LogP contribution in [0.15, 0.2) is 53.0 Å². The van der Waals surface area contributed by atoms with Crippen molar-refractivity contribution in [3.63, 3.8) is 0 Å². The molecule has 2 saturated carbocycles. The number of esters is 1. The standard InChI is InChI=1S/C25H26BrNO4/c1-2-15-13-19(26)10-11-20(15)27-21(28)14-31-25(30)23-18-9-8-17(12-18)22(23)24(29)16-6-4-3-5-7-16/h3-7,10-11,13,17-18,22-23H,2,8-9,12,14H2,1H3,(H,27,28)/t17-,18-,22+,23-/m0/s1. The molecule has 162 valence electrons. The zero-order valence-electron chi connectivity index (χ0n) is 17.5. The van der Waals surface area contributed by atoms with Gasteiger partial charge < -0.3 is 10.1 Å². The number of halogens is 1. The van der Waals surface area contributed by atoms with E-state index < -0.39 is 11.9 Å². The molecule has 2 fully saturated rings. The lowest BCUT2D eigenvalue weighted by Crippen LogP contribution is -2.37. The van der Waals surface area contributed by atoms with Crippen molar-refractivity contribution in [2.75, 3.05) is 11.9 Å². The number of ether oxygens (including phenoxy) is 1. The summed E-state index contributed by atoms with van der Waals surface area (Å²) in [5.41, 5.74) is 2.34. The van der Waals surface area contributed by atoms with Crippen LogP contribution in [-0.2, 0) is 20.7 Å². The van der Waals surface area contributed by atoms with E-state index in [1.807, 2.05) is 43.3 Å². The summed E-state index contributed by atoms with van der Waals surface area (Å²) in [6, 6.07) is 14.8. The highest BCUT2D eigenvalue weighted by Crippen LogP contribution is 2.53. The number of carbonyl (C=O) groups excluding carboxylic acids is 3. The minimum absolute atomic E-state index is 0.0154. The zero-order valence-corrected chi connectivity index (χ0v) is 19.1. The van der Waals surface area contributed by atoms with Crippen molar-refractivity contribution in [1.82, 2.24) is 0 Å². The Labute approximate surface area is 190 Å². The van der Waals surface area contributed by atoms with Crippen molar-refractivity contribution in [1.29, 1.82) is 0 Å². The fraction of sp³-hybridized carbons (Fsp3) is 0.400. The van der Waals surface area contributed by atoms with E-state index in [1.54, 1.807) is 12.1 Å². The predicted molar refractivity (Wildman–Crippen MR) is 122 cm³/mol. The number of nitrogens with one attached hydrogen (secondary N) is 1. The van der Waals surface area contributed by atoms with Gasteiger partial charge in [0.05, 0.1) is 5.92 Å². The van der Waals surface area contributed by atoms with Crippen LogP contribution in [0, 0.1) is 23.7 Å². The fourth-order valence-electron chi connectivity index (χ4n) is 5.20. The minimum Gasteiger partial charge on any atom is -0.455 e. The van der Waals surface area contributed by atoms with E-state index in [-0.39, 0.29) is 36.1 Å². The van der Waals surface area contributed by atoms with Crippen molar-refractivity contribution in [3.05, 3.63) is 64.1 Å². The Bertz CT molecular complexity index is 990. The van der Waals surface area contributed by atoms with Crippen molar-refractivity contribution >= 4 is 39.3 Å². The molecule has 2 aromatic carbocycles. The first kappa shape index (κ1) is 21.8. The SMILES string of the molecule is CCc1cc(Br)ccc1NC(=O)COC(=O)[C@H]1[C@H]2CC[C@@H](C2)[C@H]1C(=O)c1ccccc1. The van der Waals surface area contributed by atoms with E-state index in [1.165, 1.54) is 0 Å². The fourth-order valence-corrected chi connectivity index (χ4v) is 5.61. The minimum atomic E-state index is -0.460. The summed E-state index contributed by atoms with van der Waals surface area (Å²) < 4.78 is 6.36. The maximum atomic E-state index is 13.1. The molecule has 0 aromatic heterocycles. The number of Topliss-reactive ketones (excluding diaryl/α,β-unsaturated/α-hetero) is 1. The first-order chi connectivity index (χ1) is 15.0. The van der Waals surface area contributed by atoms with E-state index in [9.17, 15) is 14.4 Å². The summed E-state index contributed by atoms with van der Waals surface area (Å²) in [6.45, 7) is 1.66. The third-order valence-electron chi connectivity index (χ3n) is 6.62. The van der Waals surface area contributed by atoms with E-state index in [2.05, 4.69) is 21.2 Å². The number of hydrogen-bond acceptors (Lipinski definition) is 4. The second-order valence-electron chi connectivity index (χ2n) is 8.43. The highest BCUT2D eigenvalue weighted by Gasteiger charge is 2.54. The second kappa shape index (κ2) is 9.35. The Hall–Kier alpha value is -2.47. The van der Waals surface area contributed by atoms with Crippen molar-refractivity contribution in [2.45, 2.75) is 32.6 Å². The molecule has 1 N–H and O–H groups in total. The Kier molecular flexibility index (Phi) is 6.56. The molecular weight excluding hydrogens is 458 g/mol. The largest absolute Gasteiger partial charge is 0.455 e. The lowest BCUT2D eigenvalue weighted by molar-refractivity contribution is -0.154. The van der Waals surface area contributed by atoms with Gasteiger partial charge in [-0.3, -0.25) is 14.4 Å². The number of rotatable bonds is 7. The lowest BCUT2D eigenvalue weighted by Gasteiger charge is -2.28. The molecule has 2 aromatic rings. The number of amides is 1. The molecule has 6 heteroatoms. The molecule has 1 amide bonds. The smallest absolute Gasteiger partial charge is 0.310 e. The van der Waals surface area contributed by atoms with Crippen LogP contribution in [0.5, 0.6) is 0 Å². The van der Waals surface area contributed by atoms with Gasteiger partial charge in [-0.1, -0.05) is 53.2 Å². The molecular formula is C25H26BrNO4. The molecule has 31 heavy (non-hydrogen) atoms. The number of anilines is 1. The zero-order chi connectivity index (χ0) is 22.0. The van der Waals surface area contributed by atoms with Crippen LogP contribution in [0.3, 0.4) is 0 Å². The van der Waals surface area contributed by atoms with Crippen LogP contribution < -0.4 is 5.32 Å². The molecule has 0 unspecified atom stereocenters. The molecule has 4 atom stereocenters. The summed E-state index contributed by atoms with van der Waals surface area (Å²) in [7, 11) is 0. The van der Waals surface area contributed by atoms with Crippen molar-refractivity contribution in [2.24, 2.45) is 23.7 Å². The number of hydrogen-bond donors (Lipinski definition) is 1. The summed E-state index contributed by atoms with van der Waals surface area (Å²) in [5.74, 6) is -1.22. The number of benzene rings is 2. The van der Waals surface area contributed by atoms with Gasteiger partial charge in [0.25, 0.3) is 5.91 Å². The van der Waals surface area contributed by atoms with Gasteiger partial charge >= 0.3 is 5.97 Å². The van der Waals surface area contributed by atoms with Gasteiger partial charge in [-0.2, -0.15) is 0 Å². The molecule has 2 aliphatic carbocycles. The van der Waals surface area contributed by atoms with E-state index >= 15 is 0 Å². The highest BCUT2D eigenvalue weighted by atomic mass is 79.9. The van der Waals surface area contributed by atoms with Gasteiger partial charge in [0.2, 0.25) is 0 Å². The lowest BCUT2D eigenvalue weighted by atomic mass is 9.75. The molecule has 0 heterocycles.